The predicted molar refractivity (Wildman–Crippen MR) is 345 cm³/mol. The fraction of sp³-hybridized carbons (Fsp3) is 0.0513. The van der Waals surface area contributed by atoms with Gasteiger partial charge in [0.25, 0.3) is 0 Å². The third-order valence-electron chi connectivity index (χ3n) is 14.6. The molecule has 0 saturated heterocycles. The van der Waals surface area contributed by atoms with Crippen molar-refractivity contribution in [2.24, 2.45) is 0 Å². The van der Waals surface area contributed by atoms with E-state index in [1.807, 2.05) is 0 Å². The van der Waals surface area contributed by atoms with E-state index in [1.54, 1.807) is 0 Å². The van der Waals surface area contributed by atoms with Crippen LogP contribution in [0.4, 0.5) is 34.1 Å². The number of hydrogen-bond donors (Lipinski definition) is 0. The Kier molecular flexibility index (Phi) is 16.5. The lowest BCUT2D eigenvalue weighted by atomic mass is 9.95. The molecule has 0 aliphatic heterocycles. The van der Waals surface area contributed by atoms with Crippen LogP contribution in [0, 0.1) is 0 Å². The molecule has 0 fully saturated rings. The summed E-state index contributed by atoms with van der Waals surface area (Å²) in [4.78, 5) is 4.68. The molecule has 0 unspecified atom stereocenters. The van der Waals surface area contributed by atoms with Gasteiger partial charge >= 0.3 is 0 Å². The Labute approximate surface area is 473 Å². The van der Waals surface area contributed by atoms with E-state index in [4.69, 9.17) is 0 Å². The fourth-order valence-electron chi connectivity index (χ4n) is 10.1. The number of nitrogens with zero attached hydrogens (tertiary/aromatic N) is 2. The van der Waals surface area contributed by atoms with Crippen molar-refractivity contribution in [2.45, 2.75) is 26.7 Å². The van der Waals surface area contributed by atoms with Gasteiger partial charge in [0.15, 0.2) is 0 Å². The molecule has 0 bridgehead atoms. The van der Waals surface area contributed by atoms with Crippen molar-refractivity contribution in [2.75, 3.05) is 9.80 Å². The lowest BCUT2D eigenvalue weighted by Gasteiger charge is -2.26. The Morgan fingerprint density at radius 3 is 0.662 bits per heavy atom. The summed E-state index contributed by atoms with van der Waals surface area (Å²) in [7, 11) is 0. The van der Waals surface area contributed by atoms with Crippen molar-refractivity contribution in [1.82, 2.24) is 0 Å². The first-order valence-corrected chi connectivity index (χ1v) is 27.8. The summed E-state index contributed by atoms with van der Waals surface area (Å²) in [5, 5.41) is 0. The smallest absolute Gasteiger partial charge is 0.0462 e. The Balaban J connectivity index is 0.774. The van der Waals surface area contributed by atoms with E-state index in [1.165, 1.54) is 44.5 Å². The topological polar surface area (TPSA) is 6.48 Å². The standard InChI is InChI=1S/C78H64N2/c1-3-59-33-45-71(46-34-59)79(75-53-41-65(42-54-75)57-77(67-17-9-5-10-18-67)68-19-11-6-12-20-68)73-49-37-63(38-50-73)31-29-61-25-27-62(28-26-61)30-32-64-39-51-74(52-40-64)80(72-47-35-60(4-2)36-48-72)76-55-43-66(44-56-76)58-78(69-21-13-7-14-22-69)70-23-15-8-16-24-70/h5-58H,3-4H2,1-2H3/b31-29+,32-30+. The molecule has 386 valence electrons. The lowest BCUT2D eigenvalue weighted by molar-refractivity contribution is 1.14. The van der Waals surface area contributed by atoms with Gasteiger partial charge in [-0.25, -0.2) is 0 Å². The van der Waals surface area contributed by atoms with Crippen LogP contribution < -0.4 is 9.80 Å². The maximum absolute atomic E-state index is 2.34. The van der Waals surface area contributed by atoms with E-state index in [0.29, 0.717) is 0 Å². The Hall–Kier alpha value is -10.0. The van der Waals surface area contributed by atoms with E-state index in [2.05, 4.69) is 351 Å². The summed E-state index contributed by atoms with van der Waals surface area (Å²) in [6, 6.07) is 105. The summed E-state index contributed by atoms with van der Waals surface area (Å²) in [6.45, 7) is 4.40. The van der Waals surface area contributed by atoms with Crippen molar-refractivity contribution >= 4 is 81.7 Å². The zero-order chi connectivity index (χ0) is 54.3. The number of hydrogen-bond acceptors (Lipinski definition) is 2. The highest BCUT2D eigenvalue weighted by Gasteiger charge is 2.15. The van der Waals surface area contributed by atoms with Crippen LogP contribution in [0.5, 0.6) is 0 Å². The highest BCUT2D eigenvalue weighted by Crippen LogP contribution is 2.38. The second-order valence-electron chi connectivity index (χ2n) is 20.0. The quantitative estimate of drug-likeness (QED) is 0.0790. The molecule has 11 rings (SSSR count). The fourth-order valence-corrected chi connectivity index (χ4v) is 10.1. The third kappa shape index (κ3) is 12.9. The minimum absolute atomic E-state index is 1.00. The molecule has 0 aliphatic rings. The van der Waals surface area contributed by atoms with Gasteiger partial charge in [-0.05, 0) is 176 Å². The summed E-state index contributed by atoms with van der Waals surface area (Å²) in [6.07, 6.45) is 15.3. The van der Waals surface area contributed by atoms with Gasteiger partial charge in [-0.1, -0.05) is 257 Å². The lowest BCUT2D eigenvalue weighted by Crippen LogP contribution is -2.10. The maximum Gasteiger partial charge on any atom is 0.0462 e. The summed E-state index contributed by atoms with van der Waals surface area (Å²) in [5.41, 5.74) is 23.3. The Morgan fingerprint density at radius 2 is 0.438 bits per heavy atom. The molecule has 0 amide bonds. The van der Waals surface area contributed by atoms with Gasteiger partial charge in [-0.2, -0.15) is 0 Å². The van der Waals surface area contributed by atoms with Crippen molar-refractivity contribution < 1.29 is 0 Å². The van der Waals surface area contributed by atoms with Gasteiger partial charge in [0, 0.05) is 34.1 Å². The van der Waals surface area contributed by atoms with Crippen LogP contribution in [0.25, 0.3) is 47.6 Å². The summed E-state index contributed by atoms with van der Waals surface area (Å²) < 4.78 is 0. The molecule has 80 heavy (non-hydrogen) atoms. The molecule has 2 nitrogen and oxygen atoms in total. The monoisotopic (exact) mass is 1030 g/mol. The molecule has 0 N–H and O–H groups in total. The average molecular weight is 1030 g/mol. The first-order valence-electron chi connectivity index (χ1n) is 27.8. The number of anilines is 6. The van der Waals surface area contributed by atoms with E-state index in [0.717, 1.165) is 80.3 Å². The van der Waals surface area contributed by atoms with Gasteiger partial charge < -0.3 is 9.80 Å². The van der Waals surface area contributed by atoms with Crippen LogP contribution in [0.2, 0.25) is 0 Å². The van der Waals surface area contributed by atoms with Crippen LogP contribution in [0.3, 0.4) is 0 Å². The second kappa shape index (κ2) is 25.4. The summed E-state index contributed by atoms with van der Waals surface area (Å²) in [5.74, 6) is 0. The molecule has 2 heteroatoms. The largest absolute Gasteiger partial charge is 0.311 e. The van der Waals surface area contributed by atoms with Crippen LogP contribution >= 0.6 is 0 Å². The molecule has 0 atom stereocenters. The Morgan fingerprint density at radius 1 is 0.237 bits per heavy atom. The number of rotatable bonds is 18. The molecular formula is C78H64N2. The maximum atomic E-state index is 2.34. The van der Waals surface area contributed by atoms with Crippen molar-refractivity contribution in [3.8, 4) is 0 Å². The van der Waals surface area contributed by atoms with Crippen molar-refractivity contribution in [1.29, 1.82) is 0 Å². The van der Waals surface area contributed by atoms with Crippen LogP contribution in [-0.2, 0) is 12.8 Å². The molecule has 0 aliphatic carbocycles. The SMILES string of the molecule is CCc1ccc(N(c2ccc(C=C(c3ccccc3)c3ccccc3)cc2)c2ccc(/C=C/c3ccc(/C=C/c4ccc(N(c5ccc(C=C(c6ccccc6)c6ccccc6)cc5)c5ccc(CC)cc5)cc4)cc3)cc2)cc1. The average Bonchev–Trinajstić information content (AvgIpc) is 3.54. The molecule has 11 aromatic rings. The van der Waals surface area contributed by atoms with E-state index < -0.39 is 0 Å². The highest BCUT2D eigenvalue weighted by molar-refractivity contribution is 5.93. The zero-order valence-electron chi connectivity index (χ0n) is 45.5. The van der Waals surface area contributed by atoms with Gasteiger partial charge in [-0.15, -0.1) is 0 Å². The van der Waals surface area contributed by atoms with Gasteiger partial charge in [0.2, 0.25) is 0 Å². The van der Waals surface area contributed by atoms with Gasteiger partial charge in [-0.3, -0.25) is 0 Å². The number of aryl methyl sites for hydroxylation is 2. The minimum atomic E-state index is 1.00. The zero-order valence-corrected chi connectivity index (χ0v) is 45.5. The molecule has 0 heterocycles. The third-order valence-corrected chi connectivity index (χ3v) is 14.6. The van der Waals surface area contributed by atoms with E-state index in [-0.39, 0.29) is 0 Å². The van der Waals surface area contributed by atoms with Crippen LogP contribution in [0.15, 0.2) is 291 Å². The normalized spacial score (nSPS) is 11.1. The van der Waals surface area contributed by atoms with Gasteiger partial charge in [0.1, 0.15) is 0 Å². The first kappa shape index (κ1) is 52.1. The van der Waals surface area contributed by atoms with E-state index in [9.17, 15) is 0 Å². The molecule has 0 radical (unpaired) electrons. The predicted octanol–water partition coefficient (Wildman–Crippen LogP) is 21.3. The molecular weight excluding hydrogens is 965 g/mol. The highest BCUT2D eigenvalue weighted by atomic mass is 15.1. The Bertz CT molecular complexity index is 3500. The van der Waals surface area contributed by atoms with E-state index >= 15 is 0 Å². The molecule has 0 saturated carbocycles. The molecule has 11 aromatic carbocycles. The van der Waals surface area contributed by atoms with Crippen LogP contribution in [0.1, 0.15) is 80.6 Å². The van der Waals surface area contributed by atoms with Crippen LogP contribution in [-0.4, -0.2) is 0 Å². The van der Waals surface area contributed by atoms with Gasteiger partial charge in [0.05, 0.1) is 0 Å². The van der Waals surface area contributed by atoms with Crippen molar-refractivity contribution in [3.63, 3.8) is 0 Å². The first-order chi connectivity index (χ1) is 39.5. The summed E-state index contributed by atoms with van der Waals surface area (Å²) >= 11 is 0. The second-order valence-corrected chi connectivity index (χ2v) is 20.0. The molecule has 0 spiro atoms. The molecule has 0 aromatic heterocycles. The van der Waals surface area contributed by atoms with Crippen molar-refractivity contribution in [3.05, 3.63) is 358 Å². The minimum Gasteiger partial charge on any atom is -0.311 e. The number of benzene rings is 11.